The molecule has 0 aromatic heterocycles. The van der Waals surface area contributed by atoms with E-state index in [9.17, 15) is 5.11 Å². The fraction of sp³-hybridized carbons (Fsp3) is 1.00. The van der Waals surface area contributed by atoms with Crippen LogP contribution in [0.2, 0.25) is 6.04 Å². The van der Waals surface area contributed by atoms with Crippen LogP contribution in [-0.4, -0.2) is 44.6 Å². The molecule has 0 bridgehead atoms. The van der Waals surface area contributed by atoms with Gasteiger partial charge < -0.3 is 14.1 Å². The second kappa shape index (κ2) is 5.10. The lowest BCUT2D eigenvalue weighted by atomic mass is 10.3. The minimum atomic E-state index is -1.86. The molecular formula is C9H21NO2Si. The van der Waals surface area contributed by atoms with Gasteiger partial charge in [-0.1, -0.05) is 13.3 Å². The van der Waals surface area contributed by atoms with Crippen molar-refractivity contribution in [2.24, 2.45) is 0 Å². The lowest BCUT2D eigenvalue weighted by Gasteiger charge is -2.32. The highest BCUT2D eigenvalue weighted by Crippen LogP contribution is 2.26. The zero-order valence-corrected chi connectivity index (χ0v) is 9.75. The third kappa shape index (κ3) is 2.31. The van der Waals surface area contributed by atoms with Crippen molar-refractivity contribution in [1.82, 2.24) is 4.57 Å². The summed E-state index contributed by atoms with van der Waals surface area (Å²) in [5, 5.41) is 9.38. The molecule has 1 atom stereocenters. The largest absolute Gasteiger partial charge is 0.405 e. The molecule has 1 N–H and O–H groups in total. The highest BCUT2D eigenvalue weighted by atomic mass is 28.4. The summed E-state index contributed by atoms with van der Waals surface area (Å²) < 4.78 is 7.99. The fourth-order valence-corrected chi connectivity index (χ4v) is 5.15. The maximum atomic E-state index is 9.38. The van der Waals surface area contributed by atoms with Gasteiger partial charge in [0, 0.05) is 7.11 Å². The monoisotopic (exact) mass is 203 g/mol. The van der Waals surface area contributed by atoms with Crippen LogP contribution in [0.25, 0.3) is 0 Å². The van der Waals surface area contributed by atoms with Gasteiger partial charge in [0.2, 0.25) is 0 Å². The Kier molecular flexibility index (Phi) is 4.38. The summed E-state index contributed by atoms with van der Waals surface area (Å²) >= 11 is 0. The van der Waals surface area contributed by atoms with E-state index in [1.54, 1.807) is 7.11 Å². The number of aliphatic hydroxyl groups excluding tert-OH is 1. The van der Waals surface area contributed by atoms with Crippen molar-refractivity contribution in [2.75, 3.05) is 26.4 Å². The second-order valence-electron chi connectivity index (χ2n) is 3.75. The van der Waals surface area contributed by atoms with Crippen molar-refractivity contribution in [2.45, 2.75) is 32.2 Å². The molecule has 0 aromatic carbocycles. The van der Waals surface area contributed by atoms with Crippen LogP contribution >= 0.6 is 0 Å². The first-order valence-electron chi connectivity index (χ1n) is 5.20. The van der Waals surface area contributed by atoms with Gasteiger partial charge in [-0.05, 0) is 32.0 Å². The van der Waals surface area contributed by atoms with Crippen molar-refractivity contribution in [3.8, 4) is 0 Å². The lowest BCUT2D eigenvalue weighted by molar-refractivity contribution is 0.248. The highest BCUT2D eigenvalue weighted by molar-refractivity contribution is 6.71. The second-order valence-corrected chi connectivity index (χ2v) is 7.50. The van der Waals surface area contributed by atoms with Crippen LogP contribution in [0.4, 0.5) is 0 Å². The number of hydrogen-bond donors (Lipinski definition) is 1. The van der Waals surface area contributed by atoms with Crippen LogP contribution in [0.3, 0.4) is 0 Å². The molecule has 0 saturated carbocycles. The Labute approximate surface area is 81.9 Å². The van der Waals surface area contributed by atoms with E-state index in [0.29, 0.717) is 0 Å². The third-order valence-corrected chi connectivity index (χ3v) is 6.97. The molecule has 1 aliphatic heterocycles. The van der Waals surface area contributed by atoms with E-state index in [1.807, 2.05) is 0 Å². The first kappa shape index (κ1) is 11.2. The van der Waals surface area contributed by atoms with E-state index >= 15 is 0 Å². The normalized spacial score (nSPS) is 29.8. The van der Waals surface area contributed by atoms with Crippen molar-refractivity contribution >= 4 is 8.48 Å². The number of hydrogen-bond acceptors (Lipinski definition) is 3. The molecule has 4 heteroatoms. The average molecular weight is 203 g/mol. The van der Waals surface area contributed by atoms with Crippen LogP contribution in [0.15, 0.2) is 0 Å². The van der Waals surface area contributed by atoms with Crippen LogP contribution in [0.5, 0.6) is 0 Å². The SMILES string of the molecule is CCCCN1CCC[Si]1(CO)OC. The predicted octanol–water partition coefficient (Wildman–Crippen LogP) is 1.11. The molecule has 1 unspecified atom stereocenters. The Balaban J connectivity index is 2.50. The number of aliphatic hydroxyl groups is 1. The quantitative estimate of drug-likeness (QED) is 0.680. The molecule has 1 rings (SSSR count). The molecule has 3 nitrogen and oxygen atoms in total. The summed E-state index contributed by atoms with van der Waals surface area (Å²) in [4.78, 5) is 0. The maximum absolute atomic E-state index is 9.38. The molecule has 1 aliphatic rings. The molecular weight excluding hydrogens is 182 g/mol. The van der Waals surface area contributed by atoms with E-state index in [0.717, 1.165) is 19.1 Å². The van der Waals surface area contributed by atoms with Crippen LogP contribution in [0, 0.1) is 0 Å². The summed E-state index contributed by atoms with van der Waals surface area (Å²) in [5.41, 5.74) is 0. The van der Waals surface area contributed by atoms with E-state index in [2.05, 4.69) is 11.5 Å². The van der Waals surface area contributed by atoms with Gasteiger partial charge in [-0.3, -0.25) is 0 Å². The van der Waals surface area contributed by atoms with Crippen molar-refractivity contribution < 1.29 is 9.53 Å². The zero-order chi connectivity index (χ0) is 9.73. The van der Waals surface area contributed by atoms with Crippen LogP contribution < -0.4 is 0 Å². The molecule has 0 amide bonds. The Morgan fingerprint density at radius 3 is 2.85 bits per heavy atom. The third-order valence-electron chi connectivity index (χ3n) is 2.98. The first-order chi connectivity index (χ1) is 6.29. The Hall–Kier alpha value is 0.0969. The zero-order valence-electron chi connectivity index (χ0n) is 8.75. The minimum absolute atomic E-state index is 0.257. The molecule has 0 spiro atoms. The molecule has 1 saturated heterocycles. The Bertz CT molecular complexity index is 151. The average Bonchev–Trinajstić information content (AvgIpc) is 2.58. The van der Waals surface area contributed by atoms with E-state index in [-0.39, 0.29) is 6.23 Å². The van der Waals surface area contributed by atoms with Gasteiger partial charge in [-0.25, -0.2) is 0 Å². The van der Waals surface area contributed by atoms with Crippen LogP contribution in [-0.2, 0) is 4.43 Å². The van der Waals surface area contributed by atoms with E-state index in [1.165, 1.54) is 19.3 Å². The first-order valence-corrected chi connectivity index (χ1v) is 7.47. The number of rotatable bonds is 5. The van der Waals surface area contributed by atoms with Gasteiger partial charge in [0.05, 0.1) is 6.23 Å². The van der Waals surface area contributed by atoms with Crippen molar-refractivity contribution in [1.29, 1.82) is 0 Å². The predicted molar refractivity (Wildman–Crippen MR) is 55.8 cm³/mol. The highest BCUT2D eigenvalue weighted by Gasteiger charge is 2.44. The Morgan fingerprint density at radius 1 is 1.54 bits per heavy atom. The summed E-state index contributed by atoms with van der Waals surface area (Å²) in [5.74, 6) is 0. The van der Waals surface area contributed by atoms with Crippen molar-refractivity contribution in [3.63, 3.8) is 0 Å². The molecule has 0 aromatic rings. The molecule has 1 fully saturated rings. The maximum Gasteiger partial charge on any atom is 0.297 e. The van der Waals surface area contributed by atoms with Gasteiger partial charge >= 0.3 is 0 Å². The summed E-state index contributed by atoms with van der Waals surface area (Å²) in [6, 6.07) is 1.10. The minimum Gasteiger partial charge on any atom is -0.405 e. The number of unbranched alkanes of at least 4 members (excludes halogenated alkanes) is 1. The molecule has 78 valence electrons. The van der Waals surface area contributed by atoms with Crippen LogP contribution in [0.1, 0.15) is 26.2 Å². The lowest BCUT2D eigenvalue weighted by Crippen LogP contribution is -2.54. The molecule has 0 aliphatic carbocycles. The molecule has 0 radical (unpaired) electrons. The van der Waals surface area contributed by atoms with Gasteiger partial charge in [0.1, 0.15) is 0 Å². The van der Waals surface area contributed by atoms with Gasteiger partial charge in [0.15, 0.2) is 0 Å². The summed E-state index contributed by atoms with van der Waals surface area (Å²) in [7, 11) is -0.101. The van der Waals surface area contributed by atoms with Gasteiger partial charge in [0.25, 0.3) is 8.48 Å². The van der Waals surface area contributed by atoms with Gasteiger partial charge in [-0.2, -0.15) is 0 Å². The van der Waals surface area contributed by atoms with Crippen molar-refractivity contribution in [3.05, 3.63) is 0 Å². The Morgan fingerprint density at radius 2 is 2.31 bits per heavy atom. The smallest absolute Gasteiger partial charge is 0.297 e. The summed E-state index contributed by atoms with van der Waals surface area (Å²) in [6.07, 6.45) is 3.89. The van der Waals surface area contributed by atoms with E-state index < -0.39 is 8.48 Å². The topological polar surface area (TPSA) is 32.7 Å². The number of nitrogens with zero attached hydrogens (tertiary/aromatic N) is 1. The van der Waals surface area contributed by atoms with Gasteiger partial charge in [-0.15, -0.1) is 0 Å². The standard InChI is InChI=1S/C9H21NO2Si/c1-3-4-6-10-7-5-8-13(10,9-11)12-2/h11H,3-9H2,1-2H3. The summed E-state index contributed by atoms with van der Waals surface area (Å²) in [6.45, 7) is 4.43. The molecule has 13 heavy (non-hydrogen) atoms. The van der Waals surface area contributed by atoms with E-state index in [4.69, 9.17) is 4.43 Å². The molecule has 1 heterocycles. The fourth-order valence-electron chi connectivity index (χ4n) is 2.05.